The molecule has 0 bridgehead atoms. The van der Waals surface area contributed by atoms with Crippen LogP contribution < -0.4 is 5.32 Å². The van der Waals surface area contributed by atoms with E-state index in [-0.39, 0.29) is 0 Å². The van der Waals surface area contributed by atoms with E-state index in [1.165, 1.54) is 17.5 Å². The number of benzene rings is 1. The van der Waals surface area contributed by atoms with Crippen LogP contribution in [0.15, 0.2) is 24.3 Å². The van der Waals surface area contributed by atoms with Crippen molar-refractivity contribution in [3.05, 3.63) is 35.4 Å². The summed E-state index contributed by atoms with van der Waals surface area (Å²) in [7, 11) is 4.24. The molecule has 1 aromatic rings. The average molecular weight is 234 g/mol. The second-order valence-electron chi connectivity index (χ2n) is 4.93. The van der Waals surface area contributed by atoms with Crippen LogP contribution in [0.4, 0.5) is 0 Å². The van der Waals surface area contributed by atoms with E-state index in [0.29, 0.717) is 6.04 Å². The van der Waals surface area contributed by atoms with Crippen molar-refractivity contribution in [1.29, 1.82) is 0 Å². The summed E-state index contributed by atoms with van der Waals surface area (Å²) in [6.45, 7) is 6.65. The highest BCUT2D eigenvalue weighted by Gasteiger charge is 2.03. The van der Waals surface area contributed by atoms with Crippen molar-refractivity contribution in [3.63, 3.8) is 0 Å². The van der Waals surface area contributed by atoms with Crippen LogP contribution in [0.25, 0.3) is 0 Å². The molecule has 1 unspecified atom stereocenters. The number of rotatable bonds is 7. The zero-order chi connectivity index (χ0) is 12.7. The monoisotopic (exact) mass is 234 g/mol. The summed E-state index contributed by atoms with van der Waals surface area (Å²) in [5.74, 6) is 0. The van der Waals surface area contributed by atoms with Crippen LogP contribution in [0.3, 0.4) is 0 Å². The first-order valence-corrected chi connectivity index (χ1v) is 6.60. The molecule has 2 nitrogen and oxygen atoms in total. The first-order valence-electron chi connectivity index (χ1n) is 6.60. The minimum atomic E-state index is 0.447. The summed E-state index contributed by atoms with van der Waals surface area (Å²) >= 11 is 0. The van der Waals surface area contributed by atoms with Crippen molar-refractivity contribution in [3.8, 4) is 0 Å². The Morgan fingerprint density at radius 2 is 1.82 bits per heavy atom. The number of aryl methyl sites for hydroxylation is 1. The molecule has 0 aliphatic carbocycles. The van der Waals surface area contributed by atoms with Crippen LogP contribution in [0.1, 0.15) is 37.4 Å². The van der Waals surface area contributed by atoms with Crippen LogP contribution in [0.2, 0.25) is 0 Å². The minimum Gasteiger partial charge on any atom is -0.310 e. The van der Waals surface area contributed by atoms with E-state index < -0.39 is 0 Å². The van der Waals surface area contributed by atoms with E-state index in [1.807, 2.05) is 0 Å². The molecule has 0 saturated heterocycles. The topological polar surface area (TPSA) is 15.3 Å². The number of nitrogens with zero attached hydrogens (tertiary/aromatic N) is 1. The Bertz CT molecular complexity index is 303. The SMILES string of the molecule is CCc1ccc(C(C)NCCCN(C)C)cc1. The van der Waals surface area contributed by atoms with Gasteiger partial charge in [-0.3, -0.25) is 0 Å². The molecule has 17 heavy (non-hydrogen) atoms. The molecule has 96 valence electrons. The molecule has 0 heterocycles. The first kappa shape index (κ1) is 14.2. The predicted octanol–water partition coefficient (Wildman–Crippen LogP) is 2.85. The summed E-state index contributed by atoms with van der Waals surface area (Å²) < 4.78 is 0. The molecule has 1 atom stereocenters. The van der Waals surface area contributed by atoms with Gasteiger partial charge in [0.15, 0.2) is 0 Å². The maximum absolute atomic E-state index is 3.57. The predicted molar refractivity (Wildman–Crippen MR) is 75.4 cm³/mol. The van der Waals surface area contributed by atoms with E-state index >= 15 is 0 Å². The van der Waals surface area contributed by atoms with Crippen LogP contribution in [0, 0.1) is 0 Å². The van der Waals surface area contributed by atoms with Gasteiger partial charge in [0.1, 0.15) is 0 Å². The summed E-state index contributed by atoms with van der Waals surface area (Å²) in [6.07, 6.45) is 2.31. The minimum absolute atomic E-state index is 0.447. The fourth-order valence-electron chi connectivity index (χ4n) is 1.87. The normalized spacial score (nSPS) is 13.0. The third kappa shape index (κ3) is 5.33. The molecule has 1 N–H and O–H groups in total. The standard InChI is InChI=1S/C15H26N2/c1-5-14-7-9-15(10-8-14)13(2)16-11-6-12-17(3)4/h7-10,13,16H,5-6,11-12H2,1-4H3. The summed E-state index contributed by atoms with van der Waals surface area (Å²) in [5, 5.41) is 3.57. The molecular weight excluding hydrogens is 208 g/mol. The fraction of sp³-hybridized carbons (Fsp3) is 0.600. The van der Waals surface area contributed by atoms with Crippen molar-refractivity contribution in [2.75, 3.05) is 27.2 Å². The lowest BCUT2D eigenvalue weighted by Gasteiger charge is -2.16. The van der Waals surface area contributed by atoms with Crippen LogP contribution in [0.5, 0.6) is 0 Å². The molecule has 2 heteroatoms. The second kappa shape index (κ2) is 7.46. The van der Waals surface area contributed by atoms with Crippen molar-refractivity contribution in [1.82, 2.24) is 10.2 Å². The van der Waals surface area contributed by atoms with Gasteiger partial charge in [0, 0.05) is 6.04 Å². The summed E-state index contributed by atoms with van der Waals surface area (Å²) in [4.78, 5) is 2.22. The van der Waals surface area contributed by atoms with Crippen molar-refractivity contribution in [2.24, 2.45) is 0 Å². The zero-order valence-electron chi connectivity index (χ0n) is 11.7. The van der Waals surface area contributed by atoms with Gasteiger partial charge in [-0.05, 0) is 58.1 Å². The van der Waals surface area contributed by atoms with Crippen LogP contribution in [-0.4, -0.2) is 32.1 Å². The molecule has 0 aliphatic rings. The quantitative estimate of drug-likeness (QED) is 0.730. The smallest absolute Gasteiger partial charge is 0.0291 e. The highest BCUT2D eigenvalue weighted by molar-refractivity contribution is 5.24. The van der Waals surface area contributed by atoms with Crippen LogP contribution in [-0.2, 0) is 6.42 Å². The number of hydrogen-bond donors (Lipinski definition) is 1. The molecule has 0 saturated carbocycles. The van der Waals surface area contributed by atoms with E-state index in [2.05, 4.69) is 62.4 Å². The maximum Gasteiger partial charge on any atom is 0.0291 e. The lowest BCUT2D eigenvalue weighted by Crippen LogP contribution is -2.23. The Morgan fingerprint density at radius 1 is 1.18 bits per heavy atom. The second-order valence-corrected chi connectivity index (χ2v) is 4.93. The van der Waals surface area contributed by atoms with Gasteiger partial charge in [0.2, 0.25) is 0 Å². The van der Waals surface area contributed by atoms with Crippen LogP contribution >= 0.6 is 0 Å². The van der Waals surface area contributed by atoms with E-state index in [4.69, 9.17) is 0 Å². The molecule has 0 fully saturated rings. The average Bonchev–Trinajstić information content (AvgIpc) is 2.34. The highest BCUT2D eigenvalue weighted by Crippen LogP contribution is 2.13. The molecule has 0 radical (unpaired) electrons. The maximum atomic E-state index is 3.57. The van der Waals surface area contributed by atoms with Crippen molar-refractivity contribution in [2.45, 2.75) is 32.7 Å². The molecule has 1 aromatic carbocycles. The van der Waals surface area contributed by atoms with Gasteiger partial charge in [-0.1, -0.05) is 31.2 Å². The van der Waals surface area contributed by atoms with Gasteiger partial charge in [-0.25, -0.2) is 0 Å². The van der Waals surface area contributed by atoms with Gasteiger partial charge in [0.25, 0.3) is 0 Å². The zero-order valence-corrected chi connectivity index (χ0v) is 11.7. The Morgan fingerprint density at radius 3 is 2.35 bits per heavy atom. The highest BCUT2D eigenvalue weighted by atomic mass is 15.1. The molecule has 1 rings (SSSR count). The van der Waals surface area contributed by atoms with Crippen molar-refractivity contribution >= 4 is 0 Å². The Kier molecular flexibility index (Phi) is 6.23. The van der Waals surface area contributed by atoms with E-state index in [0.717, 1.165) is 19.5 Å². The summed E-state index contributed by atoms with van der Waals surface area (Å²) in [5.41, 5.74) is 2.79. The largest absolute Gasteiger partial charge is 0.310 e. The molecular formula is C15H26N2. The third-order valence-electron chi connectivity index (χ3n) is 3.12. The number of nitrogens with one attached hydrogen (secondary N) is 1. The van der Waals surface area contributed by atoms with E-state index in [9.17, 15) is 0 Å². The summed E-state index contributed by atoms with van der Waals surface area (Å²) in [6, 6.07) is 9.38. The Hall–Kier alpha value is -0.860. The third-order valence-corrected chi connectivity index (χ3v) is 3.12. The van der Waals surface area contributed by atoms with Gasteiger partial charge in [-0.15, -0.1) is 0 Å². The van der Waals surface area contributed by atoms with Gasteiger partial charge >= 0.3 is 0 Å². The number of hydrogen-bond acceptors (Lipinski definition) is 2. The Balaban J connectivity index is 2.33. The molecule has 0 spiro atoms. The lowest BCUT2D eigenvalue weighted by molar-refractivity contribution is 0.389. The van der Waals surface area contributed by atoms with Gasteiger partial charge in [-0.2, -0.15) is 0 Å². The van der Waals surface area contributed by atoms with E-state index in [1.54, 1.807) is 0 Å². The molecule has 0 amide bonds. The molecule has 0 aliphatic heterocycles. The van der Waals surface area contributed by atoms with Gasteiger partial charge in [0.05, 0.1) is 0 Å². The first-order chi connectivity index (χ1) is 8.13. The van der Waals surface area contributed by atoms with Gasteiger partial charge < -0.3 is 10.2 Å². The molecule has 0 aromatic heterocycles. The fourth-order valence-corrected chi connectivity index (χ4v) is 1.87. The lowest BCUT2D eigenvalue weighted by atomic mass is 10.0. The van der Waals surface area contributed by atoms with Crippen molar-refractivity contribution < 1.29 is 0 Å². The Labute approximate surface area is 106 Å².